The van der Waals surface area contributed by atoms with Gasteiger partial charge in [0, 0.05) is 15.1 Å². The molecule has 5 heteroatoms. The Morgan fingerprint density at radius 3 is 2.67 bits per heavy atom. The van der Waals surface area contributed by atoms with Gasteiger partial charge in [-0.2, -0.15) is 0 Å². The molecule has 2 aromatic carbocycles. The monoisotopic (exact) mass is 366 g/mol. The van der Waals surface area contributed by atoms with Crippen molar-refractivity contribution in [2.75, 3.05) is 14.2 Å². The maximum Gasteiger partial charge on any atom is 0.337 e. The molecule has 0 saturated carbocycles. The molecule has 0 aromatic heterocycles. The summed E-state index contributed by atoms with van der Waals surface area (Å²) in [6, 6.07) is 13.4. The maximum absolute atomic E-state index is 11.5. The minimum absolute atomic E-state index is 0.331. The van der Waals surface area contributed by atoms with Gasteiger partial charge in [-0.25, -0.2) is 4.79 Å². The molecular formula is C16H15BrO3S. The van der Waals surface area contributed by atoms with Crippen LogP contribution in [-0.4, -0.2) is 20.2 Å². The van der Waals surface area contributed by atoms with E-state index in [2.05, 4.69) is 15.9 Å². The van der Waals surface area contributed by atoms with Gasteiger partial charge in [-0.3, -0.25) is 0 Å². The molecule has 0 aliphatic heterocycles. The zero-order valence-electron chi connectivity index (χ0n) is 11.8. The summed E-state index contributed by atoms with van der Waals surface area (Å²) in [5, 5.41) is 0. The highest BCUT2D eigenvalue weighted by atomic mass is 79.9. The number of hydrogen-bond donors (Lipinski definition) is 0. The van der Waals surface area contributed by atoms with Crippen LogP contribution in [0, 0.1) is 0 Å². The molecular weight excluding hydrogens is 352 g/mol. The molecule has 0 bridgehead atoms. The first-order valence-electron chi connectivity index (χ1n) is 6.27. The van der Waals surface area contributed by atoms with Crippen molar-refractivity contribution in [3.63, 3.8) is 0 Å². The van der Waals surface area contributed by atoms with Gasteiger partial charge in [-0.15, -0.1) is 11.8 Å². The fourth-order valence-corrected chi connectivity index (χ4v) is 3.41. The molecule has 0 N–H and O–H groups in total. The Hall–Kier alpha value is -1.46. The van der Waals surface area contributed by atoms with Crippen molar-refractivity contribution in [1.82, 2.24) is 0 Å². The van der Waals surface area contributed by atoms with Crippen molar-refractivity contribution in [2.24, 2.45) is 0 Å². The number of methoxy groups -OCH3 is 2. The highest BCUT2D eigenvalue weighted by Gasteiger charge is 2.09. The van der Waals surface area contributed by atoms with Crippen LogP contribution >= 0.6 is 27.7 Å². The summed E-state index contributed by atoms with van der Waals surface area (Å²) in [4.78, 5) is 12.6. The van der Waals surface area contributed by atoms with E-state index in [9.17, 15) is 4.79 Å². The lowest BCUT2D eigenvalue weighted by molar-refractivity contribution is 0.0600. The fourth-order valence-electron chi connectivity index (χ4n) is 1.76. The lowest BCUT2D eigenvalue weighted by Crippen LogP contribution is -2.01. The third-order valence-electron chi connectivity index (χ3n) is 2.91. The Bertz CT molecular complexity index is 643. The molecule has 110 valence electrons. The van der Waals surface area contributed by atoms with E-state index in [0.29, 0.717) is 5.56 Å². The van der Waals surface area contributed by atoms with Crippen LogP contribution in [0.25, 0.3) is 0 Å². The topological polar surface area (TPSA) is 35.5 Å². The van der Waals surface area contributed by atoms with E-state index in [1.165, 1.54) is 7.11 Å². The Kier molecular flexibility index (Phi) is 5.70. The molecule has 2 aromatic rings. The predicted octanol–water partition coefficient (Wildman–Crippen LogP) is 4.54. The van der Waals surface area contributed by atoms with Crippen LogP contribution in [0.5, 0.6) is 5.75 Å². The molecule has 0 fully saturated rings. The first kappa shape index (κ1) is 15.9. The van der Waals surface area contributed by atoms with Crippen molar-refractivity contribution in [2.45, 2.75) is 10.6 Å². The number of halogens is 1. The van der Waals surface area contributed by atoms with Crippen LogP contribution < -0.4 is 4.74 Å². The fraction of sp³-hybridized carbons (Fsp3) is 0.188. The van der Waals surface area contributed by atoms with Gasteiger partial charge in [-0.05, 0) is 35.9 Å². The molecule has 0 amide bonds. The van der Waals surface area contributed by atoms with Crippen LogP contribution in [0.3, 0.4) is 0 Å². The molecule has 21 heavy (non-hydrogen) atoms. The van der Waals surface area contributed by atoms with Crippen LogP contribution in [0.2, 0.25) is 0 Å². The number of carbonyl (C=O) groups is 1. The summed E-state index contributed by atoms with van der Waals surface area (Å²) < 4.78 is 10.8. The summed E-state index contributed by atoms with van der Waals surface area (Å²) in [5.41, 5.74) is 1.66. The molecule has 0 unspecified atom stereocenters. The number of esters is 1. The average Bonchev–Trinajstić information content (AvgIpc) is 2.53. The van der Waals surface area contributed by atoms with Gasteiger partial charge >= 0.3 is 5.97 Å². The van der Waals surface area contributed by atoms with Crippen LogP contribution in [0.15, 0.2) is 51.8 Å². The van der Waals surface area contributed by atoms with Crippen LogP contribution in [0.4, 0.5) is 0 Å². The zero-order valence-corrected chi connectivity index (χ0v) is 14.2. The van der Waals surface area contributed by atoms with Crippen molar-refractivity contribution in [1.29, 1.82) is 0 Å². The highest BCUT2D eigenvalue weighted by Crippen LogP contribution is 2.29. The molecule has 2 rings (SSSR count). The smallest absolute Gasteiger partial charge is 0.337 e. The number of thioether (sulfide) groups is 1. The van der Waals surface area contributed by atoms with Crippen molar-refractivity contribution < 1.29 is 14.3 Å². The second-order valence-corrected chi connectivity index (χ2v) is 6.17. The SMILES string of the molecule is COC(=O)c1ccc(CSc2cccc(OC)c2)c(Br)c1. The summed E-state index contributed by atoms with van der Waals surface area (Å²) in [6.45, 7) is 0. The molecule has 3 nitrogen and oxygen atoms in total. The van der Waals surface area contributed by atoms with Gasteiger partial charge in [-0.1, -0.05) is 28.1 Å². The van der Waals surface area contributed by atoms with E-state index in [4.69, 9.17) is 9.47 Å². The molecule has 0 radical (unpaired) electrons. The first-order valence-corrected chi connectivity index (χ1v) is 8.05. The summed E-state index contributed by atoms with van der Waals surface area (Å²) >= 11 is 5.21. The van der Waals surface area contributed by atoms with Gasteiger partial charge in [0.25, 0.3) is 0 Å². The van der Waals surface area contributed by atoms with Gasteiger partial charge in [0.05, 0.1) is 19.8 Å². The standard InChI is InChI=1S/C16H15BrO3S/c1-19-13-4-3-5-14(9-13)21-10-12-7-6-11(8-15(12)17)16(18)20-2/h3-9H,10H2,1-2H3. The highest BCUT2D eigenvalue weighted by molar-refractivity contribution is 9.10. The van der Waals surface area contributed by atoms with Gasteiger partial charge in [0.15, 0.2) is 0 Å². The van der Waals surface area contributed by atoms with E-state index in [0.717, 1.165) is 26.4 Å². The zero-order chi connectivity index (χ0) is 15.2. The molecule has 0 aliphatic carbocycles. The Morgan fingerprint density at radius 2 is 2.00 bits per heavy atom. The largest absolute Gasteiger partial charge is 0.497 e. The number of benzene rings is 2. The lowest BCUT2D eigenvalue weighted by atomic mass is 10.1. The molecule has 0 spiro atoms. The number of carbonyl (C=O) groups excluding carboxylic acids is 1. The minimum Gasteiger partial charge on any atom is -0.497 e. The summed E-state index contributed by atoms with van der Waals surface area (Å²) in [5.74, 6) is 1.32. The van der Waals surface area contributed by atoms with Gasteiger partial charge < -0.3 is 9.47 Å². The second kappa shape index (κ2) is 7.52. The average molecular weight is 367 g/mol. The van der Waals surface area contributed by atoms with E-state index in [1.54, 1.807) is 31.0 Å². The predicted molar refractivity (Wildman–Crippen MR) is 88.0 cm³/mol. The summed E-state index contributed by atoms with van der Waals surface area (Å²) in [7, 11) is 3.04. The van der Waals surface area contributed by atoms with E-state index < -0.39 is 0 Å². The Morgan fingerprint density at radius 1 is 1.19 bits per heavy atom. The third-order valence-corrected chi connectivity index (χ3v) is 4.69. The number of ether oxygens (including phenoxy) is 2. The lowest BCUT2D eigenvalue weighted by Gasteiger charge is -2.07. The van der Waals surface area contributed by atoms with Crippen molar-refractivity contribution >= 4 is 33.7 Å². The quantitative estimate of drug-likeness (QED) is 0.574. The first-order chi connectivity index (χ1) is 10.1. The number of rotatable bonds is 5. The maximum atomic E-state index is 11.5. The van der Waals surface area contributed by atoms with E-state index in [1.807, 2.05) is 30.3 Å². The van der Waals surface area contributed by atoms with E-state index >= 15 is 0 Å². The minimum atomic E-state index is -0.331. The Balaban J connectivity index is 2.07. The second-order valence-electron chi connectivity index (χ2n) is 4.27. The van der Waals surface area contributed by atoms with E-state index in [-0.39, 0.29) is 5.97 Å². The van der Waals surface area contributed by atoms with Crippen molar-refractivity contribution in [3.8, 4) is 5.75 Å². The summed E-state index contributed by atoms with van der Waals surface area (Å²) in [6.07, 6.45) is 0. The van der Waals surface area contributed by atoms with Crippen molar-refractivity contribution in [3.05, 3.63) is 58.1 Å². The van der Waals surface area contributed by atoms with Crippen LogP contribution in [-0.2, 0) is 10.5 Å². The Labute approximate surface area is 136 Å². The van der Waals surface area contributed by atoms with Gasteiger partial charge in [0.1, 0.15) is 5.75 Å². The third kappa shape index (κ3) is 4.25. The van der Waals surface area contributed by atoms with Crippen LogP contribution in [0.1, 0.15) is 15.9 Å². The van der Waals surface area contributed by atoms with Gasteiger partial charge in [0.2, 0.25) is 0 Å². The normalized spacial score (nSPS) is 10.2. The number of hydrogen-bond acceptors (Lipinski definition) is 4. The molecule has 0 heterocycles. The molecule has 0 aliphatic rings. The molecule has 0 saturated heterocycles. The molecule has 0 atom stereocenters.